The zero-order chi connectivity index (χ0) is 20.0. The first-order valence-electron chi connectivity index (χ1n) is 9.71. The molecule has 1 aromatic carbocycles. The minimum Gasteiger partial charge on any atom is -0.345 e. The lowest BCUT2D eigenvalue weighted by atomic mass is 10.1. The first-order valence-corrected chi connectivity index (χ1v) is 9.71. The second kappa shape index (κ2) is 7.07. The maximum absolute atomic E-state index is 13.7. The number of fused-ring (bicyclic) bond motifs is 2. The van der Waals surface area contributed by atoms with Gasteiger partial charge in [0.15, 0.2) is 0 Å². The monoisotopic (exact) mass is 381 g/mol. The van der Waals surface area contributed by atoms with E-state index in [1.165, 1.54) is 0 Å². The van der Waals surface area contributed by atoms with Gasteiger partial charge in [-0.05, 0) is 38.6 Å². The number of rotatable bonds is 2. The Kier molecular flexibility index (Phi) is 4.72. The SMILES string of the molecule is Cc1cn(C)c2c1N(C(=O)C(C)N1CCN(C)CC1)c1ccccc1NC2=O. The fourth-order valence-electron chi connectivity index (χ4n) is 4.18. The molecule has 4 rings (SSSR count). The van der Waals surface area contributed by atoms with Crippen LogP contribution in [0, 0.1) is 6.92 Å². The van der Waals surface area contributed by atoms with E-state index in [9.17, 15) is 9.59 Å². The van der Waals surface area contributed by atoms with Crippen LogP contribution in [0.25, 0.3) is 0 Å². The maximum Gasteiger partial charge on any atom is 0.274 e. The lowest BCUT2D eigenvalue weighted by Gasteiger charge is -2.37. The van der Waals surface area contributed by atoms with Crippen molar-refractivity contribution < 1.29 is 9.59 Å². The van der Waals surface area contributed by atoms with Crippen LogP contribution in [0.1, 0.15) is 23.0 Å². The Balaban J connectivity index is 1.80. The third-order valence-corrected chi connectivity index (χ3v) is 5.83. The number of nitrogens with zero attached hydrogens (tertiary/aromatic N) is 4. The Labute approximate surface area is 165 Å². The van der Waals surface area contributed by atoms with Crippen molar-refractivity contribution in [3.8, 4) is 0 Å². The summed E-state index contributed by atoms with van der Waals surface area (Å²) in [6, 6.07) is 7.23. The topological polar surface area (TPSA) is 60.8 Å². The van der Waals surface area contributed by atoms with Gasteiger partial charge in [0, 0.05) is 39.4 Å². The number of para-hydroxylation sites is 2. The number of hydrogen-bond acceptors (Lipinski definition) is 4. The van der Waals surface area contributed by atoms with Crippen LogP contribution < -0.4 is 10.2 Å². The van der Waals surface area contributed by atoms with Crippen molar-refractivity contribution in [1.29, 1.82) is 0 Å². The number of benzene rings is 1. The van der Waals surface area contributed by atoms with Gasteiger partial charge in [-0.2, -0.15) is 0 Å². The fraction of sp³-hybridized carbons (Fsp3) is 0.429. The summed E-state index contributed by atoms with van der Waals surface area (Å²) in [5.74, 6) is -0.204. The van der Waals surface area contributed by atoms with E-state index in [-0.39, 0.29) is 17.9 Å². The van der Waals surface area contributed by atoms with Gasteiger partial charge in [0.2, 0.25) is 5.91 Å². The second-order valence-corrected chi connectivity index (χ2v) is 7.78. The van der Waals surface area contributed by atoms with Crippen LogP contribution >= 0.6 is 0 Å². The molecule has 1 atom stereocenters. The largest absolute Gasteiger partial charge is 0.345 e. The highest BCUT2D eigenvalue weighted by Gasteiger charge is 2.36. The molecular weight excluding hydrogens is 354 g/mol. The number of nitrogens with one attached hydrogen (secondary N) is 1. The summed E-state index contributed by atoms with van der Waals surface area (Å²) in [7, 11) is 3.94. The second-order valence-electron chi connectivity index (χ2n) is 7.78. The molecule has 2 aliphatic heterocycles. The number of piperazine rings is 1. The van der Waals surface area contributed by atoms with Gasteiger partial charge in [0.25, 0.3) is 5.91 Å². The third kappa shape index (κ3) is 3.00. The van der Waals surface area contributed by atoms with Gasteiger partial charge in [0.1, 0.15) is 5.69 Å². The van der Waals surface area contributed by atoms with Crippen molar-refractivity contribution in [2.75, 3.05) is 43.4 Å². The summed E-state index contributed by atoms with van der Waals surface area (Å²) in [6.45, 7) is 7.52. The van der Waals surface area contributed by atoms with Gasteiger partial charge in [0.05, 0.1) is 23.1 Å². The Morgan fingerprint density at radius 2 is 1.79 bits per heavy atom. The highest BCUT2D eigenvalue weighted by Crippen LogP contribution is 2.40. The van der Waals surface area contributed by atoms with E-state index in [2.05, 4.69) is 22.2 Å². The summed E-state index contributed by atoms with van der Waals surface area (Å²) < 4.78 is 1.80. The first kappa shape index (κ1) is 18.7. The van der Waals surface area contributed by atoms with E-state index >= 15 is 0 Å². The first-order chi connectivity index (χ1) is 13.4. The molecule has 1 aromatic heterocycles. The average Bonchev–Trinajstić information content (AvgIpc) is 2.89. The smallest absolute Gasteiger partial charge is 0.274 e. The lowest BCUT2D eigenvalue weighted by molar-refractivity contribution is -0.123. The highest BCUT2D eigenvalue weighted by atomic mass is 16.2. The van der Waals surface area contributed by atoms with Gasteiger partial charge < -0.3 is 14.8 Å². The summed E-state index contributed by atoms with van der Waals surface area (Å²) in [5, 5.41) is 2.97. The predicted octanol–water partition coefficient (Wildman–Crippen LogP) is 2.20. The van der Waals surface area contributed by atoms with E-state index in [1.54, 1.807) is 9.47 Å². The Bertz CT molecular complexity index is 927. The summed E-state index contributed by atoms with van der Waals surface area (Å²) in [4.78, 5) is 32.9. The Hall–Kier alpha value is -2.64. The molecule has 1 saturated heterocycles. The molecule has 0 saturated carbocycles. The van der Waals surface area contributed by atoms with E-state index in [0.29, 0.717) is 17.1 Å². The van der Waals surface area contributed by atoms with Crippen LogP contribution in [0.2, 0.25) is 0 Å². The van der Waals surface area contributed by atoms with Crippen molar-refractivity contribution >= 4 is 28.9 Å². The van der Waals surface area contributed by atoms with Gasteiger partial charge in [-0.15, -0.1) is 0 Å². The van der Waals surface area contributed by atoms with Crippen LogP contribution in [0.15, 0.2) is 30.5 Å². The number of amides is 2. The average molecular weight is 381 g/mol. The Morgan fingerprint density at radius 3 is 2.50 bits per heavy atom. The number of likely N-dealkylation sites (N-methyl/N-ethyl adjacent to an activating group) is 1. The number of aromatic nitrogens is 1. The van der Waals surface area contributed by atoms with Crippen molar-refractivity contribution in [1.82, 2.24) is 14.4 Å². The molecule has 1 fully saturated rings. The van der Waals surface area contributed by atoms with Gasteiger partial charge in [-0.3, -0.25) is 19.4 Å². The zero-order valence-electron chi connectivity index (χ0n) is 16.9. The van der Waals surface area contributed by atoms with Crippen LogP contribution in [0.5, 0.6) is 0 Å². The fourth-order valence-corrected chi connectivity index (χ4v) is 4.18. The minimum atomic E-state index is -0.276. The van der Waals surface area contributed by atoms with Crippen LogP contribution in [0.3, 0.4) is 0 Å². The summed E-state index contributed by atoms with van der Waals surface area (Å²) in [5.41, 5.74) is 3.46. The van der Waals surface area contributed by atoms with E-state index < -0.39 is 0 Å². The van der Waals surface area contributed by atoms with Crippen molar-refractivity contribution in [3.63, 3.8) is 0 Å². The molecule has 2 aliphatic rings. The highest BCUT2D eigenvalue weighted by molar-refractivity contribution is 6.18. The van der Waals surface area contributed by atoms with Gasteiger partial charge >= 0.3 is 0 Å². The van der Waals surface area contributed by atoms with Gasteiger partial charge in [-0.25, -0.2) is 0 Å². The molecule has 0 radical (unpaired) electrons. The number of carbonyl (C=O) groups excluding carboxylic acids is 2. The van der Waals surface area contributed by atoms with Crippen LogP contribution in [0.4, 0.5) is 17.1 Å². The summed E-state index contributed by atoms with van der Waals surface area (Å²) in [6.07, 6.45) is 1.90. The minimum absolute atomic E-state index is 0.0101. The van der Waals surface area contributed by atoms with E-state index in [1.807, 2.05) is 51.4 Å². The van der Waals surface area contributed by atoms with E-state index in [0.717, 1.165) is 37.4 Å². The molecule has 0 spiro atoms. The number of anilines is 3. The molecule has 28 heavy (non-hydrogen) atoms. The van der Waals surface area contributed by atoms with Crippen molar-refractivity contribution in [3.05, 3.63) is 41.7 Å². The summed E-state index contributed by atoms with van der Waals surface area (Å²) >= 11 is 0. The molecule has 2 aromatic rings. The molecule has 0 aliphatic carbocycles. The van der Waals surface area contributed by atoms with Gasteiger partial charge in [-0.1, -0.05) is 12.1 Å². The predicted molar refractivity (Wildman–Crippen MR) is 110 cm³/mol. The number of aryl methyl sites for hydroxylation is 2. The normalized spacial score (nSPS) is 18.9. The van der Waals surface area contributed by atoms with Crippen LogP contribution in [-0.4, -0.2) is 65.4 Å². The molecule has 1 unspecified atom stereocenters. The zero-order valence-corrected chi connectivity index (χ0v) is 16.9. The molecule has 3 heterocycles. The lowest BCUT2D eigenvalue weighted by Crippen LogP contribution is -2.53. The molecular formula is C21H27N5O2. The van der Waals surface area contributed by atoms with Crippen LogP contribution in [-0.2, 0) is 11.8 Å². The third-order valence-electron chi connectivity index (χ3n) is 5.83. The quantitative estimate of drug-likeness (QED) is 0.866. The molecule has 7 nitrogen and oxygen atoms in total. The molecule has 148 valence electrons. The molecule has 7 heteroatoms. The van der Waals surface area contributed by atoms with Crippen molar-refractivity contribution in [2.24, 2.45) is 7.05 Å². The number of carbonyl (C=O) groups is 2. The maximum atomic E-state index is 13.7. The standard InChI is InChI=1S/C21H27N5O2/c1-14-13-24(4)19-18(14)26(17-8-6-5-7-16(17)22-20(19)27)21(28)15(2)25-11-9-23(3)10-12-25/h5-8,13,15H,9-12H2,1-4H3,(H,22,27). The van der Waals surface area contributed by atoms with Crippen molar-refractivity contribution in [2.45, 2.75) is 19.9 Å². The number of hydrogen-bond donors (Lipinski definition) is 1. The Morgan fingerprint density at radius 1 is 1.11 bits per heavy atom. The molecule has 1 N–H and O–H groups in total. The van der Waals surface area contributed by atoms with E-state index in [4.69, 9.17) is 0 Å². The molecule has 2 amide bonds. The molecule has 0 bridgehead atoms.